The lowest BCUT2D eigenvalue weighted by atomic mass is 10.2. The van der Waals surface area contributed by atoms with Gasteiger partial charge in [-0.25, -0.2) is 4.98 Å². The molecule has 0 atom stereocenters. The fraction of sp³-hybridized carbons (Fsp3) is 0.0588. The van der Waals surface area contributed by atoms with Crippen LogP contribution in [0.25, 0.3) is 11.3 Å². The molecule has 0 fully saturated rings. The first-order valence-corrected chi connectivity index (χ1v) is 8.50. The molecule has 3 aromatic rings. The molecule has 23 heavy (non-hydrogen) atoms. The molecule has 0 aliphatic rings. The van der Waals surface area contributed by atoms with Crippen LogP contribution < -0.4 is 5.32 Å². The van der Waals surface area contributed by atoms with Crippen LogP contribution in [-0.4, -0.2) is 10.9 Å². The van der Waals surface area contributed by atoms with Crippen LogP contribution in [-0.2, 0) is 6.54 Å². The van der Waals surface area contributed by atoms with E-state index >= 15 is 0 Å². The summed E-state index contributed by atoms with van der Waals surface area (Å²) in [6.07, 6.45) is 0. The maximum Gasteiger partial charge on any atom is 0.251 e. The summed E-state index contributed by atoms with van der Waals surface area (Å²) in [6, 6.07) is 14.4. The highest BCUT2D eigenvalue weighted by molar-refractivity contribution is 7.09. The quantitative estimate of drug-likeness (QED) is 0.705. The Labute approximate surface area is 147 Å². The van der Waals surface area contributed by atoms with E-state index < -0.39 is 0 Å². The van der Waals surface area contributed by atoms with Crippen LogP contribution in [0, 0.1) is 0 Å². The van der Waals surface area contributed by atoms with Gasteiger partial charge in [-0.05, 0) is 30.3 Å². The van der Waals surface area contributed by atoms with E-state index in [1.54, 1.807) is 24.3 Å². The fourth-order valence-corrected chi connectivity index (χ4v) is 3.30. The van der Waals surface area contributed by atoms with Gasteiger partial charge in [0, 0.05) is 21.5 Å². The van der Waals surface area contributed by atoms with Gasteiger partial charge in [-0.1, -0.05) is 41.4 Å². The van der Waals surface area contributed by atoms with Crippen molar-refractivity contribution in [2.24, 2.45) is 0 Å². The molecular weight excluding hydrogens is 351 g/mol. The standard InChI is InChI=1S/C17H12Cl2N2OS/c18-12-6-7-13(14(19)8-12)15-10-23-16(21-15)9-20-17(22)11-4-2-1-3-5-11/h1-8,10H,9H2,(H,20,22). The molecule has 1 heterocycles. The number of nitrogens with zero attached hydrogens (tertiary/aromatic N) is 1. The predicted molar refractivity (Wildman–Crippen MR) is 95.2 cm³/mol. The summed E-state index contributed by atoms with van der Waals surface area (Å²) >= 11 is 13.6. The van der Waals surface area contributed by atoms with Crippen LogP contribution >= 0.6 is 34.5 Å². The average molecular weight is 363 g/mol. The van der Waals surface area contributed by atoms with Crippen molar-refractivity contribution < 1.29 is 4.79 Å². The molecule has 6 heteroatoms. The minimum absolute atomic E-state index is 0.119. The molecule has 116 valence electrons. The van der Waals surface area contributed by atoms with Crippen LogP contribution in [0.1, 0.15) is 15.4 Å². The zero-order valence-electron chi connectivity index (χ0n) is 11.9. The van der Waals surface area contributed by atoms with E-state index in [1.165, 1.54) is 11.3 Å². The third kappa shape index (κ3) is 3.91. The second-order valence-electron chi connectivity index (χ2n) is 4.80. The number of nitrogens with one attached hydrogen (secondary N) is 1. The van der Waals surface area contributed by atoms with Crippen molar-refractivity contribution in [3.8, 4) is 11.3 Å². The molecule has 0 saturated carbocycles. The van der Waals surface area contributed by atoms with Gasteiger partial charge in [-0.3, -0.25) is 4.79 Å². The molecule has 0 radical (unpaired) electrons. The second-order valence-corrected chi connectivity index (χ2v) is 6.59. The molecule has 1 amide bonds. The topological polar surface area (TPSA) is 42.0 Å². The molecule has 3 rings (SSSR count). The molecule has 2 aromatic carbocycles. The summed E-state index contributed by atoms with van der Waals surface area (Å²) < 4.78 is 0. The first kappa shape index (κ1) is 16.0. The van der Waals surface area contributed by atoms with E-state index in [9.17, 15) is 4.79 Å². The Hall–Kier alpha value is -1.88. The van der Waals surface area contributed by atoms with Gasteiger partial charge in [0.1, 0.15) is 5.01 Å². The summed E-state index contributed by atoms with van der Waals surface area (Å²) in [4.78, 5) is 16.5. The van der Waals surface area contributed by atoms with Crippen LogP contribution in [0.2, 0.25) is 10.0 Å². The highest BCUT2D eigenvalue weighted by Crippen LogP contribution is 2.31. The number of rotatable bonds is 4. The highest BCUT2D eigenvalue weighted by atomic mass is 35.5. The van der Waals surface area contributed by atoms with E-state index in [1.807, 2.05) is 29.6 Å². The minimum Gasteiger partial charge on any atom is -0.346 e. The van der Waals surface area contributed by atoms with Crippen molar-refractivity contribution >= 4 is 40.4 Å². The molecule has 0 unspecified atom stereocenters. The van der Waals surface area contributed by atoms with Crippen molar-refractivity contribution in [1.82, 2.24) is 10.3 Å². The number of aromatic nitrogens is 1. The number of carbonyl (C=O) groups excluding carboxylic acids is 1. The highest BCUT2D eigenvalue weighted by Gasteiger charge is 2.10. The minimum atomic E-state index is -0.119. The van der Waals surface area contributed by atoms with Crippen molar-refractivity contribution in [2.45, 2.75) is 6.54 Å². The largest absolute Gasteiger partial charge is 0.346 e. The van der Waals surface area contributed by atoms with E-state index in [0.717, 1.165) is 16.3 Å². The molecule has 3 nitrogen and oxygen atoms in total. The van der Waals surface area contributed by atoms with Gasteiger partial charge in [-0.15, -0.1) is 11.3 Å². The first-order chi connectivity index (χ1) is 11.1. The number of halogens is 2. The lowest BCUT2D eigenvalue weighted by Gasteiger charge is -2.03. The number of hydrogen-bond acceptors (Lipinski definition) is 3. The van der Waals surface area contributed by atoms with Crippen LogP contribution in [0.4, 0.5) is 0 Å². The molecule has 0 aliphatic carbocycles. The molecule has 1 aromatic heterocycles. The molecule has 0 spiro atoms. The molecule has 0 bridgehead atoms. The van der Waals surface area contributed by atoms with Crippen molar-refractivity contribution in [3.05, 3.63) is 74.5 Å². The SMILES string of the molecule is O=C(NCc1nc(-c2ccc(Cl)cc2Cl)cs1)c1ccccc1. The average Bonchev–Trinajstić information content (AvgIpc) is 3.02. The van der Waals surface area contributed by atoms with Gasteiger partial charge in [0.25, 0.3) is 5.91 Å². The van der Waals surface area contributed by atoms with Crippen molar-refractivity contribution in [2.75, 3.05) is 0 Å². The van der Waals surface area contributed by atoms with Gasteiger partial charge in [0.15, 0.2) is 0 Å². The van der Waals surface area contributed by atoms with Gasteiger partial charge in [-0.2, -0.15) is 0 Å². The molecule has 0 saturated heterocycles. The zero-order valence-corrected chi connectivity index (χ0v) is 14.3. The van der Waals surface area contributed by atoms with Gasteiger partial charge < -0.3 is 5.32 Å². The van der Waals surface area contributed by atoms with E-state index in [0.29, 0.717) is 22.2 Å². The summed E-state index contributed by atoms with van der Waals surface area (Å²) in [5.41, 5.74) is 2.23. The monoisotopic (exact) mass is 362 g/mol. The number of benzene rings is 2. The normalized spacial score (nSPS) is 10.5. The third-order valence-electron chi connectivity index (χ3n) is 3.19. The lowest BCUT2D eigenvalue weighted by Crippen LogP contribution is -2.22. The summed E-state index contributed by atoms with van der Waals surface area (Å²) in [5.74, 6) is -0.119. The van der Waals surface area contributed by atoms with E-state index in [4.69, 9.17) is 23.2 Å². The maximum absolute atomic E-state index is 12.0. The smallest absolute Gasteiger partial charge is 0.251 e. The second kappa shape index (κ2) is 7.13. The predicted octanol–water partition coefficient (Wildman–Crippen LogP) is 5.05. The van der Waals surface area contributed by atoms with Gasteiger partial charge in [0.05, 0.1) is 17.3 Å². The van der Waals surface area contributed by atoms with Gasteiger partial charge >= 0.3 is 0 Å². The maximum atomic E-state index is 12.0. The van der Waals surface area contributed by atoms with E-state index in [2.05, 4.69) is 10.3 Å². The number of hydrogen-bond donors (Lipinski definition) is 1. The zero-order chi connectivity index (χ0) is 16.2. The Morgan fingerprint density at radius 2 is 1.91 bits per heavy atom. The van der Waals surface area contributed by atoms with Crippen molar-refractivity contribution in [3.63, 3.8) is 0 Å². The van der Waals surface area contributed by atoms with Crippen molar-refractivity contribution in [1.29, 1.82) is 0 Å². The Bertz CT molecular complexity index is 834. The first-order valence-electron chi connectivity index (χ1n) is 6.86. The third-order valence-corrected chi connectivity index (χ3v) is 4.59. The number of thiazole rings is 1. The molecular formula is C17H12Cl2N2OS. The molecule has 0 aliphatic heterocycles. The Balaban J connectivity index is 1.69. The van der Waals surface area contributed by atoms with Crippen LogP contribution in [0.5, 0.6) is 0 Å². The Morgan fingerprint density at radius 1 is 1.13 bits per heavy atom. The summed E-state index contributed by atoms with van der Waals surface area (Å²) in [7, 11) is 0. The summed E-state index contributed by atoms with van der Waals surface area (Å²) in [5, 5.41) is 6.73. The van der Waals surface area contributed by atoms with Gasteiger partial charge in [0.2, 0.25) is 0 Å². The Kier molecular flexibility index (Phi) is 4.96. The number of amides is 1. The summed E-state index contributed by atoms with van der Waals surface area (Å²) in [6.45, 7) is 0.379. The molecule has 1 N–H and O–H groups in total. The van der Waals surface area contributed by atoms with Crippen LogP contribution in [0.3, 0.4) is 0 Å². The fourth-order valence-electron chi connectivity index (χ4n) is 2.06. The van der Waals surface area contributed by atoms with Crippen LogP contribution in [0.15, 0.2) is 53.9 Å². The lowest BCUT2D eigenvalue weighted by molar-refractivity contribution is 0.0951. The number of carbonyl (C=O) groups is 1. The van der Waals surface area contributed by atoms with E-state index in [-0.39, 0.29) is 5.91 Å². The Morgan fingerprint density at radius 3 is 2.65 bits per heavy atom.